The highest BCUT2D eigenvalue weighted by atomic mass is 32.2. The maximum absolute atomic E-state index is 13.5. The van der Waals surface area contributed by atoms with Gasteiger partial charge in [0, 0.05) is 13.7 Å². The molecule has 0 aliphatic heterocycles. The molecule has 1 heterocycles. The zero-order chi connectivity index (χ0) is 15.5. The van der Waals surface area contributed by atoms with E-state index in [9.17, 15) is 17.2 Å². The molecule has 0 bridgehead atoms. The molecule has 0 saturated heterocycles. The Morgan fingerprint density at radius 1 is 1.29 bits per heavy atom. The first-order valence-corrected chi connectivity index (χ1v) is 8.37. The minimum Gasteiger partial charge on any atom is -0.375 e. The third-order valence-corrected chi connectivity index (χ3v) is 5.02. The van der Waals surface area contributed by atoms with Crippen molar-refractivity contribution < 1.29 is 21.9 Å². The first-order valence-electron chi connectivity index (χ1n) is 5.94. The monoisotopic (exact) mass is 333 g/mol. The average Bonchev–Trinajstić information content (AvgIpc) is 2.93. The van der Waals surface area contributed by atoms with Crippen molar-refractivity contribution in [3.63, 3.8) is 0 Å². The second kappa shape index (κ2) is 6.61. The van der Waals surface area contributed by atoms with Crippen LogP contribution >= 0.6 is 11.3 Å². The lowest BCUT2D eigenvalue weighted by Gasteiger charge is -2.15. The van der Waals surface area contributed by atoms with E-state index in [1.54, 1.807) is 6.07 Å². The van der Waals surface area contributed by atoms with Gasteiger partial charge in [0.15, 0.2) is 4.90 Å². The van der Waals surface area contributed by atoms with Crippen molar-refractivity contribution in [1.29, 1.82) is 0 Å². The van der Waals surface area contributed by atoms with E-state index in [1.165, 1.54) is 18.4 Å². The van der Waals surface area contributed by atoms with E-state index in [0.717, 1.165) is 23.8 Å². The Morgan fingerprint density at radius 2 is 1.95 bits per heavy atom. The van der Waals surface area contributed by atoms with Crippen LogP contribution in [0.15, 0.2) is 39.9 Å². The highest BCUT2D eigenvalue weighted by molar-refractivity contribution is 7.89. The Hall–Kier alpha value is -1.35. The van der Waals surface area contributed by atoms with Crippen molar-refractivity contribution in [2.45, 2.75) is 11.0 Å². The van der Waals surface area contributed by atoms with Gasteiger partial charge in [0.2, 0.25) is 10.0 Å². The summed E-state index contributed by atoms with van der Waals surface area (Å²) in [5.74, 6) is -2.26. The summed E-state index contributed by atoms with van der Waals surface area (Å²) in [5.41, 5.74) is 0.791. The van der Waals surface area contributed by atoms with Gasteiger partial charge in [-0.05, 0) is 34.5 Å². The van der Waals surface area contributed by atoms with Gasteiger partial charge in [-0.2, -0.15) is 11.3 Å². The van der Waals surface area contributed by atoms with Gasteiger partial charge < -0.3 is 4.74 Å². The molecule has 114 valence electrons. The Morgan fingerprint density at radius 3 is 2.48 bits per heavy atom. The fraction of sp³-hybridized carbons (Fsp3) is 0.231. The molecule has 21 heavy (non-hydrogen) atoms. The summed E-state index contributed by atoms with van der Waals surface area (Å²) >= 11 is 1.44. The lowest BCUT2D eigenvalue weighted by molar-refractivity contribution is 0.107. The summed E-state index contributed by atoms with van der Waals surface area (Å²) in [6.45, 7) is -0.122. The Kier molecular flexibility index (Phi) is 5.04. The van der Waals surface area contributed by atoms with E-state index in [2.05, 4.69) is 4.72 Å². The molecule has 4 nitrogen and oxygen atoms in total. The van der Waals surface area contributed by atoms with Crippen LogP contribution in [0.1, 0.15) is 11.7 Å². The van der Waals surface area contributed by atoms with E-state index in [-0.39, 0.29) is 6.54 Å². The number of hydrogen-bond donors (Lipinski definition) is 1. The van der Waals surface area contributed by atoms with Crippen LogP contribution < -0.4 is 4.72 Å². The first-order chi connectivity index (χ1) is 9.95. The van der Waals surface area contributed by atoms with Crippen LogP contribution in [0, 0.1) is 11.6 Å². The highest BCUT2D eigenvalue weighted by Crippen LogP contribution is 2.21. The van der Waals surface area contributed by atoms with Crippen LogP contribution in [0.25, 0.3) is 0 Å². The molecule has 2 aromatic rings. The Balaban J connectivity index is 2.18. The van der Waals surface area contributed by atoms with Crippen molar-refractivity contribution in [3.05, 3.63) is 52.2 Å². The van der Waals surface area contributed by atoms with E-state index < -0.39 is 32.7 Å². The second-order valence-corrected chi connectivity index (χ2v) is 6.67. The van der Waals surface area contributed by atoms with Gasteiger partial charge in [0.25, 0.3) is 0 Å². The number of rotatable bonds is 6. The molecule has 1 unspecified atom stereocenters. The standard InChI is InChI=1S/C13H13F2NO3S2/c1-19-12(9-5-6-20-8-9)7-16-21(17,18)13-10(14)3-2-4-11(13)15/h2-6,8,12,16H,7H2,1H3. The maximum atomic E-state index is 13.5. The van der Waals surface area contributed by atoms with E-state index in [0.29, 0.717) is 0 Å². The molecule has 1 aromatic carbocycles. The fourth-order valence-electron chi connectivity index (χ4n) is 1.79. The summed E-state index contributed by atoms with van der Waals surface area (Å²) in [6, 6.07) is 4.68. The van der Waals surface area contributed by atoms with Gasteiger partial charge in [-0.1, -0.05) is 6.07 Å². The van der Waals surface area contributed by atoms with Crippen LogP contribution in [0.3, 0.4) is 0 Å². The number of thiophene rings is 1. The number of benzene rings is 1. The minimum absolute atomic E-state index is 0.122. The minimum atomic E-state index is -4.29. The molecule has 8 heteroatoms. The normalized spacial score (nSPS) is 13.3. The third kappa shape index (κ3) is 3.65. The molecule has 0 radical (unpaired) electrons. The van der Waals surface area contributed by atoms with Gasteiger partial charge in [-0.15, -0.1) is 0 Å². The SMILES string of the molecule is COC(CNS(=O)(=O)c1c(F)cccc1F)c1ccsc1. The molecule has 0 amide bonds. The van der Waals surface area contributed by atoms with Crippen molar-refractivity contribution in [3.8, 4) is 0 Å². The lowest BCUT2D eigenvalue weighted by Crippen LogP contribution is -2.30. The molecule has 0 spiro atoms. The van der Waals surface area contributed by atoms with Crippen molar-refractivity contribution in [2.24, 2.45) is 0 Å². The van der Waals surface area contributed by atoms with Gasteiger partial charge in [0.05, 0.1) is 6.10 Å². The van der Waals surface area contributed by atoms with Gasteiger partial charge in [-0.25, -0.2) is 21.9 Å². The quantitative estimate of drug-likeness (QED) is 0.884. The average molecular weight is 333 g/mol. The molecule has 1 atom stereocenters. The molecule has 0 saturated carbocycles. The summed E-state index contributed by atoms with van der Waals surface area (Å²) in [4.78, 5) is -0.981. The summed E-state index contributed by atoms with van der Waals surface area (Å²) in [7, 11) is -2.86. The van der Waals surface area contributed by atoms with E-state index >= 15 is 0 Å². The van der Waals surface area contributed by atoms with Gasteiger partial charge >= 0.3 is 0 Å². The predicted octanol–water partition coefficient (Wildman–Crippen LogP) is 2.69. The topological polar surface area (TPSA) is 55.4 Å². The summed E-state index contributed by atoms with van der Waals surface area (Å²) in [6.07, 6.45) is -0.527. The Bertz CT molecular complexity index is 682. The van der Waals surface area contributed by atoms with Crippen LogP contribution in [-0.2, 0) is 14.8 Å². The van der Waals surface area contributed by atoms with Crippen molar-refractivity contribution >= 4 is 21.4 Å². The zero-order valence-electron chi connectivity index (χ0n) is 11.0. The van der Waals surface area contributed by atoms with Crippen LogP contribution in [0.2, 0.25) is 0 Å². The lowest BCUT2D eigenvalue weighted by atomic mass is 10.2. The highest BCUT2D eigenvalue weighted by Gasteiger charge is 2.25. The number of hydrogen-bond acceptors (Lipinski definition) is 4. The number of nitrogens with one attached hydrogen (secondary N) is 1. The van der Waals surface area contributed by atoms with Crippen LogP contribution in [-0.4, -0.2) is 22.1 Å². The second-order valence-electron chi connectivity index (χ2n) is 4.18. The number of ether oxygens (including phenoxy) is 1. The van der Waals surface area contributed by atoms with Gasteiger partial charge in [-0.3, -0.25) is 0 Å². The molecular weight excluding hydrogens is 320 g/mol. The molecule has 0 aliphatic carbocycles. The molecule has 0 aliphatic rings. The first kappa shape index (κ1) is 16.0. The van der Waals surface area contributed by atoms with Crippen molar-refractivity contribution in [1.82, 2.24) is 4.72 Å². The van der Waals surface area contributed by atoms with Gasteiger partial charge in [0.1, 0.15) is 11.6 Å². The van der Waals surface area contributed by atoms with E-state index in [1.807, 2.05) is 10.8 Å². The third-order valence-electron chi connectivity index (χ3n) is 2.85. The molecule has 0 fully saturated rings. The zero-order valence-corrected chi connectivity index (χ0v) is 12.7. The maximum Gasteiger partial charge on any atom is 0.246 e. The molecular formula is C13H13F2NO3S2. The Labute approximate surface area is 125 Å². The van der Waals surface area contributed by atoms with Crippen LogP contribution in [0.5, 0.6) is 0 Å². The summed E-state index contributed by atoms with van der Waals surface area (Å²) < 4.78 is 58.5. The predicted molar refractivity (Wildman–Crippen MR) is 75.6 cm³/mol. The summed E-state index contributed by atoms with van der Waals surface area (Å²) in [5, 5.41) is 3.64. The molecule has 2 rings (SSSR count). The van der Waals surface area contributed by atoms with Crippen molar-refractivity contribution in [2.75, 3.05) is 13.7 Å². The van der Waals surface area contributed by atoms with Crippen LogP contribution in [0.4, 0.5) is 8.78 Å². The number of methoxy groups -OCH3 is 1. The molecule has 1 N–H and O–H groups in total. The largest absolute Gasteiger partial charge is 0.375 e. The number of sulfonamides is 1. The smallest absolute Gasteiger partial charge is 0.246 e. The number of halogens is 2. The fourth-order valence-corrected chi connectivity index (χ4v) is 3.66. The molecule has 1 aromatic heterocycles. The van der Waals surface area contributed by atoms with E-state index in [4.69, 9.17) is 4.74 Å².